The van der Waals surface area contributed by atoms with Gasteiger partial charge < -0.3 is 10.2 Å². The minimum Gasteiger partial charge on any atom is -0.349 e. The number of benzene rings is 1. The monoisotopic (exact) mass is 352 g/mol. The van der Waals surface area contributed by atoms with Gasteiger partial charge in [0.2, 0.25) is 11.1 Å². The fourth-order valence-corrected chi connectivity index (χ4v) is 4.00. The fourth-order valence-electron chi connectivity index (χ4n) is 3.21. The summed E-state index contributed by atoms with van der Waals surface area (Å²) in [4.78, 5) is 6.81. The molecular formula is C17H22F2N4S. The number of anilines is 2. The normalized spacial score (nSPS) is 15.5. The highest BCUT2D eigenvalue weighted by molar-refractivity contribution is 7.09. The number of hydrogen-bond donors (Lipinski definition) is 1. The van der Waals surface area contributed by atoms with Crippen molar-refractivity contribution in [2.24, 2.45) is 0 Å². The topological polar surface area (TPSA) is 41.1 Å². The Bertz CT molecular complexity index is 650. The molecule has 1 saturated carbocycles. The van der Waals surface area contributed by atoms with Crippen molar-refractivity contribution in [3.05, 3.63) is 35.4 Å². The van der Waals surface area contributed by atoms with Crippen LogP contribution in [0.1, 0.15) is 44.6 Å². The molecular weight excluding hydrogens is 330 g/mol. The summed E-state index contributed by atoms with van der Waals surface area (Å²) in [7, 11) is 0. The van der Waals surface area contributed by atoms with Gasteiger partial charge in [0.1, 0.15) is 11.6 Å². The summed E-state index contributed by atoms with van der Waals surface area (Å²) in [6.07, 6.45) is 6.22. The van der Waals surface area contributed by atoms with E-state index in [1.165, 1.54) is 61.8 Å². The fraction of sp³-hybridized carbons (Fsp3) is 0.529. The zero-order valence-electron chi connectivity index (χ0n) is 13.8. The molecule has 0 saturated heterocycles. The van der Waals surface area contributed by atoms with Crippen molar-refractivity contribution in [3.8, 4) is 0 Å². The van der Waals surface area contributed by atoms with E-state index >= 15 is 0 Å². The molecule has 1 aromatic heterocycles. The molecule has 1 N–H and O–H groups in total. The Kier molecular flexibility index (Phi) is 5.60. The maximum Gasteiger partial charge on any atom is 0.236 e. The van der Waals surface area contributed by atoms with E-state index in [9.17, 15) is 8.78 Å². The highest BCUT2D eigenvalue weighted by Crippen LogP contribution is 2.29. The van der Waals surface area contributed by atoms with Crippen molar-refractivity contribution >= 4 is 22.6 Å². The molecule has 2 aromatic rings. The van der Waals surface area contributed by atoms with Crippen LogP contribution >= 0.6 is 11.5 Å². The first-order valence-electron chi connectivity index (χ1n) is 8.46. The largest absolute Gasteiger partial charge is 0.349 e. The first kappa shape index (κ1) is 17.1. The maximum absolute atomic E-state index is 13.7. The second-order valence-corrected chi connectivity index (χ2v) is 6.76. The van der Waals surface area contributed by atoms with Crippen LogP contribution in [-0.4, -0.2) is 21.9 Å². The molecule has 1 aliphatic rings. The van der Waals surface area contributed by atoms with Crippen LogP contribution in [0.2, 0.25) is 0 Å². The van der Waals surface area contributed by atoms with E-state index in [-0.39, 0.29) is 12.1 Å². The standard InChI is InChI=1S/C17H22F2N4S/c1-2-23(12-7-4-3-5-8-12)17-21-16(22-24-17)20-11-13-14(18)9-6-10-15(13)19/h6,9-10,12H,2-5,7-8,11H2,1H3,(H,20,22). The SMILES string of the molecule is CCN(c1nc(NCc2c(F)cccc2F)ns1)C1CCCCC1. The summed E-state index contributed by atoms with van der Waals surface area (Å²) < 4.78 is 31.6. The molecule has 24 heavy (non-hydrogen) atoms. The molecule has 4 nitrogen and oxygen atoms in total. The van der Waals surface area contributed by atoms with E-state index < -0.39 is 11.6 Å². The molecule has 1 heterocycles. The van der Waals surface area contributed by atoms with E-state index in [0.29, 0.717) is 12.0 Å². The number of aromatic nitrogens is 2. The average Bonchev–Trinajstić information content (AvgIpc) is 3.05. The van der Waals surface area contributed by atoms with Crippen LogP contribution in [0.15, 0.2) is 18.2 Å². The number of nitrogens with one attached hydrogen (secondary N) is 1. The van der Waals surface area contributed by atoms with Crippen LogP contribution in [0, 0.1) is 11.6 Å². The van der Waals surface area contributed by atoms with E-state index in [4.69, 9.17) is 0 Å². The Balaban J connectivity index is 1.66. The van der Waals surface area contributed by atoms with Crippen LogP contribution < -0.4 is 10.2 Å². The van der Waals surface area contributed by atoms with E-state index in [2.05, 4.69) is 26.5 Å². The van der Waals surface area contributed by atoms with Crippen LogP contribution in [0.4, 0.5) is 19.9 Å². The average molecular weight is 352 g/mol. The maximum atomic E-state index is 13.7. The van der Waals surface area contributed by atoms with Gasteiger partial charge in [-0.3, -0.25) is 0 Å². The molecule has 0 spiro atoms. The van der Waals surface area contributed by atoms with Gasteiger partial charge in [-0.25, -0.2) is 8.78 Å². The van der Waals surface area contributed by atoms with Crippen molar-refractivity contribution in [3.63, 3.8) is 0 Å². The third kappa shape index (κ3) is 3.83. The molecule has 7 heteroatoms. The van der Waals surface area contributed by atoms with Crippen LogP contribution in [0.25, 0.3) is 0 Å². The van der Waals surface area contributed by atoms with Gasteiger partial charge in [0.25, 0.3) is 0 Å². The van der Waals surface area contributed by atoms with Gasteiger partial charge in [-0.05, 0) is 31.9 Å². The second kappa shape index (κ2) is 7.88. The summed E-state index contributed by atoms with van der Waals surface area (Å²) in [6.45, 7) is 3.04. The number of nitrogens with zero attached hydrogens (tertiary/aromatic N) is 3. The van der Waals surface area contributed by atoms with Crippen LogP contribution in [0.5, 0.6) is 0 Å². The Labute approximate surface area is 145 Å². The quantitative estimate of drug-likeness (QED) is 0.826. The third-order valence-electron chi connectivity index (χ3n) is 4.50. The summed E-state index contributed by atoms with van der Waals surface area (Å²) in [5.41, 5.74) is 0.00785. The van der Waals surface area contributed by atoms with Crippen molar-refractivity contribution < 1.29 is 8.78 Å². The highest BCUT2D eigenvalue weighted by atomic mass is 32.1. The molecule has 130 valence electrons. The molecule has 0 unspecified atom stereocenters. The molecule has 0 atom stereocenters. The van der Waals surface area contributed by atoms with Crippen molar-refractivity contribution in [2.75, 3.05) is 16.8 Å². The van der Waals surface area contributed by atoms with Gasteiger partial charge in [0.15, 0.2) is 0 Å². The molecule has 0 aliphatic heterocycles. The van der Waals surface area contributed by atoms with Crippen molar-refractivity contribution in [1.29, 1.82) is 0 Å². The molecule has 1 aliphatic carbocycles. The van der Waals surface area contributed by atoms with Gasteiger partial charge in [0.05, 0.1) is 0 Å². The molecule has 0 amide bonds. The Morgan fingerprint density at radius 2 is 1.92 bits per heavy atom. The first-order valence-corrected chi connectivity index (χ1v) is 9.23. The minimum atomic E-state index is -0.560. The van der Waals surface area contributed by atoms with Gasteiger partial charge >= 0.3 is 0 Å². The Hall–Kier alpha value is -1.76. The molecule has 0 bridgehead atoms. The van der Waals surface area contributed by atoms with Crippen LogP contribution in [0.3, 0.4) is 0 Å². The Morgan fingerprint density at radius 1 is 1.21 bits per heavy atom. The van der Waals surface area contributed by atoms with E-state index in [0.717, 1.165) is 11.7 Å². The summed E-state index contributed by atoms with van der Waals surface area (Å²) in [6, 6.07) is 4.38. The van der Waals surface area contributed by atoms with E-state index in [1.54, 1.807) is 0 Å². The zero-order chi connectivity index (χ0) is 16.9. The number of halogens is 2. The van der Waals surface area contributed by atoms with Crippen LogP contribution in [-0.2, 0) is 6.54 Å². The summed E-state index contributed by atoms with van der Waals surface area (Å²) in [5, 5.41) is 3.80. The van der Waals surface area contributed by atoms with Gasteiger partial charge in [-0.1, -0.05) is 25.3 Å². The Morgan fingerprint density at radius 3 is 2.58 bits per heavy atom. The predicted molar refractivity (Wildman–Crippen MR) is 93.5 cm³/mol. The second-order valence-electron chi connectivity index (χ2n) is 6.03. The predicted octanol–water partition coefficient (Wildman–Crippen LogP) is 4.59. The molecule has 1 aromatic carbocycles. The summed E-state index contributed by atoms with van der Waals surface area (Å²) in [5.74, 6) is -0.697. The number of rotatable bonds is 6. The lowest BCUT2D eigenvalue weighted by molar-refractivity contribution is 0.418. The first-order chi connectivity index (χ1) is 11.7. The lowest BCUT2D eigenvalue weighted by Crippen LogP contribution is -2.36. The van der Waals surface area contributed by atoms with Crippen molar-refractivity contribution in [2.45, 2.75) is 51.6 Å². The number of hydrogen-bond acceptors (Lipinski definition) is 5. The lowest BCUT2D eigenvalue weighted by Gasteiger charge is -2.32. The lowest BCUT2D eigenvalue weighted by atomic mass is 9.94. The molecule has 0 radical (unpaired) electrons. The highest BCUT2D eigenvalue weighted by Gasteiger charge is 2.23. The third-order valence-corrected chi connectivity index (χ3v) is 5.26. The molecule has 3 rings (SSSR count). The van der Waals surface area contributed by atoms with Gasteiger partial charge in [-0.15, -0.1) is 0 Å². The van der Waals surface area contributed by atoms with E-state index in [1.807, 2.05) is 0 Å². The smallest absolute Gasteiger partial charge is 0.236 e. The zero-order valence-corrected chi connectivity index (χ0v) is 14.6. The van der Waals surface area contributed by atoms with Crippen molar-refractivity contribution in [1.82, 2.24) is 9.36 Å². The van der Waals surface area contributed by atoms with Gasteiger partial charge in [0, 0.05) is 36.2 Å². The van der Waals surface area contributed by atoms with Gasteiger partial charge in [-0.2, -0.15) is 9.36 Å². The summed E-state index contributed by atoms with van der Waals surface area (Å²) >= 11 is 1.33. The minimum absolute atomic E-state index is 0.00785. The molecule has 1 fully saturated rings.